The molecule has 0 bridgehead atoms. The molecule has 18 heavy (non-hydrogen) atoms. The smallest absolute Gasteiger partial charge is 0.305 e. The average Bonchev–Trinajstić information content (AvgIpc) is 2.83. The summed E-state index contributed by atoms with van der Waals surface area (Å²) in [4.78, 5) is 26.6. The minimum absolute atomic E-state index is 0.128. The number of ether oxygens (including phenoxy) is 1. The van der Waals surface area contributed by atoms with Gasteiger partial charge in [-0.2, -0.15) is 0 Å². The second-order valence-electron chi connectivity index (χ2n) is 3.62. The Bertz CT molecular complexity index is 403. The average molecular weight is 254 g/mol. The van der Waals surface area contributed by atoms with E-state index in [1.54, 1.807) is 6.92 Å². The first-order valence-electron chi connectivity index (χ1n) is 6.02. The number of H-pyrrole nitrogens is 1. The number of hydrogen-bond donors (Lipinski definition) is 2. The van der Waals surface area contributed by atoms with Gasteiger partial charge in [-0.25, -0.2) is 4.98 Å². The molecule has 1 aromatic heterocycles. The van der Waals surface area contributed by atoms with Crippen molar-refractivity contribution in [3.63, 3.8) is 0 Å². The second kappa shape index (κ2) is 7.41. The first kappa shape index (κ1) is 14.1. The van der Waals surface area contributed by atoms with Gasteiger partial charge >= 0.3 is 5.97 Å². The predicted octanol–water partition coefficient (Wildman–Crippen LogP) is 0.440. The second-order valence-corrected chi connectivity index (χ2v) is 3.62. The van der Waals surface area contributed by atoms with E-state index >= 15 is 0 Å². The SMILES string of the molecule is CCOC(=O)CCCNC(=O)c1n[nH]c(CC)n1. The number of rotatable bonds is 7. The van der Waals surface area contributed by atoms with Gasteiger partial charge in [0.2, 0.25) is 5.82 Å². The summed E-state index contributed by atoms with van der Waals surface area (Å²) in [6.07, 6.45) is 1.53. The van der Waals surface area contributed by atoms with E-state index in [-0.39, 0.29) is 17.7 Å². The van der Waals surface area contributed by atoms with Gasteiger partial charge < -0.3 is 10.1 Å². The number of nitrogens with zero attached hydrogens (tertiary/aromatic N) is 2. The molecular formula is C11H18N4O3. The van der Waals surface area contributed by atoms with E-state index in [0.29, 0.717) is 38.2 Å². The number of esters is 1. The highest BCUT2D eigenvalue weighted by Gasteiger charge is 2.11. The third kappa shape index (κ3) is 4.52. The van der Waals surface area contributed by atoms with Gasteiger partial charge in [0, 0.05) is 19.4 Å². The summed E-state index contributed by atoms with van der Waals surface area (Å²) in [5, 5.41) is 9.10. The van der Waals surface area contributed by atoms with Gasteiger partial charge in [-0.1, -0.05) is 6.92 Å². The Hall–Kier alpha value is -1.92. The van der Waals surface area contributed by atoms with Gasteiger partial charge in [0.1, 0.15) is 5.82 Å². The monoisotopic (exact) mass is 254 g/mol. The molecule has 1 aromatic rings. The van der Waals surface area contributed by atoms with Gasteiger partial charge in [-0.05, 0) is 13.3 Å². The predicted molar refractivity (Wildman–Crippen MR) is 64.0 cm³/mol. The van der Waals surface area contributed by atoms with Crippen LogP contribution in [0.3, 0.4) is 0 Å². The number of hydrogen-bond acceptors (Lipinski definition) is 5. The highest BCUT2D eigenvalue weighted by Crippen LogP contribution is 1.95. The van der Waals surface area contributed by atoms with Gasteiger partial charge in [0.05, 0.1) is 6.61 Å². The van der Waals surface area contributed by atoms with Gasteiger partial charge in [-0.3, -0.25) is 14.7 Å². The minimum atomic E-state index is -0.338. The Balaban J connectivity index is 2.23. The third-order valence-corrected chi connectivity index (χ3v) is 2.22. The molecule has 0 saturated carbocycles. The van der Waals surface area contributed by atoms with Crippen molar-refractivity contribution in [3.05, 3.63) is 11.6 Å². The lowest BCUT2D eigenvalue weighted by atomic mass is 10.3. The van der Waals surface area contributed by atoms with E-state index < -0.39 is 0 Å². The fourth-order valence-electron chi connectivity index (χ4n) is 1.30. The topological polar surface area (TPSA) is 97.0 Å². The van der Waals surface area contributed by atoms with Crippen LogP contribution in [0.4, 0.5) is 0 Å². The van der Waals surface area contributed by atoms with Crippen LogP contribution in [0.2, 0.25) is 0 Å². The van der Waals surface area contributed by atoms with Gasteiger partial charge in [-0.15, -0.1) is 5.10 Å². The third-order valence-electron chi connectivity index (χ3n) is 2.22. The molecule has 2 N–H and O–H groups in total. The molecule has 7 heteroatoms. The number of amides is 1. The van der Waals surface area contributed by atoms with Crippen LogP contribution in [0, 0.1) is 0 Å². The molecule has 0 atom stereocenters. The van der Waals surface area contributed by atoms with Crippen molar-refractivity contribution in [2.45, 2.75) is 33.1 Å². The lowest BCUT2D eigenvalue weighted by Crippen LogP contribution is -2.26. The quantitative estimate of drug-likeness (QED) is 0.543. The number of carbonyl (C=O) groups excluding carboxylic acids is 2. The zero-order valence-corrected chi connectivity index (χ0v) is 10.7. The van der Waals surface area contributed by atoms with E-state index in [1.807, 2.05) is 6.92 Å². The number of aryl methyl sites for hydroxylation is 1. The summed E-state index contributed by atoms with van der Waals surface area (Å²) in [5.74, 6) is 0.211. The number of carbonyl (C=O) groups is 2. The summed E-state index contributed by atoms with van der Waals surface area (Å²) < 4.78 is 4.77. The number of nitrogens with one attached hydrogen (secondary N) is 2. The zero-order chi connectivity index (χ0) is 13.4. The minimum Gasteiger partial charge on any atom is -0.466 e. The Morgan fingerprint density at radius 2 is 2.17 bits per heavy atom. The Morgan fingerprint density at radius 3 is 2.78 bits per heavy atom. The highest BCUT2D eigenvalue weighted by molar-refractivity contribution is 5.90. The Labute approximate surface area is 105 Å². The van der Waals surface area contributed by atoms with Crippen LogP contribution in [-0.4, -0.2) is 40.2 Å². The summed E-state index contributed by atoms with van der Waals surface area (Å²) in [7, 11) is 0. The van der Waals surface area contributed by atoms with E-state index in [1.165, 1.54) is 0 Å². The molecule has 0 unspecified atom stereocenters. The lowest BCUT2D eigenvalue weighted by Gasteiger charge is -2.02. The molecule has 7 nitrogen and oxygen atoms in total. The molecule has 1 heterocycles. The molecule has 0 radical (unpaired) electrons. The van der Waals surface area contributed by atoms with Crippen LogP contribution in [-0.2, 0) is 16.0 Å². The summed E-state index contributed by atoms with van der Waals surface area (Å²) >= 11 is 0. The molecule has 1 amide bonds. The molecule has 1 rings (SSSR count). The van der Waals surface area contributed by atoms with Gasteiger partial charge in [0.15, 0.2) is 0 Å². The largest absolute Gasteiger partial charge is 0.466 e. The van der Waals surface area contributed by atoms with Crippen LogP contribution >= 0.6 is 0 Å². The van der Waals surface area contributed by atoms with E-state index in [4.69, 9.17) is 4.74 Å². The molecule has 0 spiro atoms. The van der Waals surface area contributed by atoms with Gasteiger partial charge in [0.25, 0.3) is 5.91 Å². The fourth-order valence-corrected chi connectivity index (χ4v) is 1.30. The van der Waals surface area contributed by atoms with E-state index in [9.17, 15) is 9.59 Å². The van der Waals surface area contributed by atoms with Crippen LogP contribution in [0.15, 0.2) is 0 Å². The van der Waals surface area contributed by atoms with Crippen LogP contribution in [0.5, 0.6) is 0 Å². The maximum Gasteiger partial charge on any atom is 0.305 e. The molecule has 0 aliphatic rings. The maximum absolute atomic E-state index is 11.6. The molecule has 0 saturated heterocycles. The van der Waals surface area contributed by atoms with Crippen molar-refractivity contribution in [3.8, 4) is 0 Å². The van der Waals surface area contributed by atoms with Crippen molar-refractivity contribution in [1.82, 2.24) is 20.5 Å². The van der Waals surface area contributed by atoms with Crippen molar-refractivity contribution < 1.29 is 14.3 Å². The molecule has 0 aliphatic carbocycles. The number of aromatic nitrogens is 3. The van der Waals surface area contributed by atoms with Crippen LogP contribution in [0.1, 0.15) is 43.1 Å². The first-order chi connectivity index (χ1) is 8.67. The summed E-state index contributed by atoms with van der Waals surface area (Å²) in [6.45, 7) is 4.45. The zero-order valence-electron chi connectivity index (χ0n) is 10.7. The highest BCUT2D eigenvalue weighted by atomic mass is 16.5. The molecule has 0 aliphatic heterocycles. The van der Waals surface area contributed by atoms with Crippen LogP contribution < -0.4 is 5.32 Å². The molecule has 100 valence electrons. The number of aromatic amines is 1. The maximum atomic E-state index is 11.6. The van der Waals surface area contributed by atoms with Crippen molar-refractivity contribution >= 4 is 11.9 Å². The summed E-state index contributed by atoms with van der Waals surface area (Å²) in [6, 6.07) is 0. The standard InChI is InChI=1S/C11H18N4O3/c1-3-8-13-10(15-14-8)11(17)12-7-5-6-9(16)18-4-2/h3-7H2,1-2H3,(H,12,17)(H,13,14,15). The Morgan fingerprint density at radius 1 is 1.39 bits per heavy atom. The molecule has 0 aromatic carbocycles. The Kier molecular flexibility index (Phi) is 5.83. The molecular weight excluding hydrogens is 236 g/mol. The van der Waals surface area contributed by atoms with E-state index in [0.717, 1.165) is 0 Å². The van der Waals surface area contributed by atoms with Crippen molar-refractivity contribution in [1.29, 1.82) is 0 Å². The summed E-state index contributed by atoms with van der Waals surface area (Å²) in [5.41, 5.74) is 0. The first-order valence-corrected chi connectivity index (χ1v) is 6.02. The van der Waals surface area contributed by atoms with Crippen molar-refractivity contribution in [2.75, 3.05) is 13.2 Å². The normalized spacial score (nSPS) is 10.1. The fraction of sp³-hybridized carbons (Fsp3) is 0.636. The lowest BCUT2D eigenvalue weighted by molar-refractivity contribution is -0.143. The molecule has 0 fully saturated rings. The van der Waals surface area contributed by atoms with Crippen molar-refractivity contribution in [2.24, 2.45) is 0 Å². The van der Waals surface area contributed by atoms with E-state index in [2.05, 4.69) is 20.5 Å². The van der Waals surface area contributed by atoms with Crippen LogP contribution in [0.25, 0.3) is 0 Å².